The van der Waals surface area contributed by atoms with E-state index in [-0.39, 0.29) is 15.6 Å². The normalized spacial score (nSPS) is 11.2. The Labute approximate surface area is 203 Å². The van der Waals surface area contributed by atoms with Gasteiger partial charge in [-0.2, -0.15) is 0 Å². The van der Waals surface area contributed by atoms with E-state index >= 15 is 0 Å². The maximum Gasteiger partial charge on any atom is 0.287 e. The average molecular weight is 576 g/mol. The van der Waals surface area contributed by atoms with Crippen LogP contribution in [0.3, 0.4) is 0 Å². The summed E-state index contributed by atoms with van der Waals surface area (Å²) in [5, 5.41) is 14.8. The summed E-state index contributed by atoms with van der Waals surface area (Å²) in [6.07, 6.45) is 0. The number of carbonyl (C=O) groups is 1. The first kappa shape index (κ1) is 20.9. The molecule has 7 nitrogen and oxygen atoms in total. The number of nitrogens with zero attached hydrogens (tertiary/aromatic N) is 2. The number of benzene rings is 3. The number of amides is 1. The van der Waals surface area contributed by atoms with E-state index in [1.54, 1.807) is 30.3 Å². The number of hydrogen-bond acceptors (Lipinski definition) is 6. The maximum absolute atomic E-state index is 12.9. The number of nitro benzene ring substituents is 1. The van der Waals surface area contributed by atoms with Crippen LogP contribution in [0, 0.1) is 13.7 Å². The minimum absolute atomic E-state index is 0.0828. The summed E-state index contributed by atoms with van der Waals surface area (Å²) in [6.45, 7) is 0. The van der Waals surface area contributed by atoms with Crippen LogP contribution in [0.4, 0.5) is 11.4 Å². The van der Waals surface area contributed by atoms with Crippen LogP contribution >= 0.6 is 45.5 Å². The molecule has 2 heterocycles. The number of fused-ring (bicyclic) bond motifs is 2. The third-order valence-corrected chi connectivity index (χ3v) is 7.16. The molecule has 3 aromatic carbocycles. The van der Waals surface area contributed by atoms with E-state index in [1.807, 2.05) is 24.3 Å². The zero-order valence-electron chi connectivity index (χ0n) is 16.0. The highest BCUT2D eigenvalue weighted by Crippen LogP contribution is 2.40. The van der Waals surface area contributed by atoms with Gasteiger partial charge in [-0.3, -0.25) is 14.9 Å². The van der Waals surface area contributed by atoms with Gasteiger partial charge in [-0.15, -0.1) is 11.3 Å². The second-order valence-corrected chi connectivity index (χ2v) is 9.47. The lowest BCUT2D eigenvalue weighted by atomic mass is 10.2. The number of oxazole rings is 1. The SMILES string of the molecule is O=C(Nc1ccc2oc(-c3cccc(I)c3)nc2c1)c1sc2c([N+](=O)[O-])cccc2c1Cl. The molecular formula is C22H11ClIN3O4S. The Bertz CT molecular complexity index is 1550. The van der Waals surface area contributed by atoms with Crippen molar-refractivity contribution < 1.29 is 14.1 Å². The van der Waals surface area contributed by atoms with Gasteiger partial charge in [0.2, 0.25) is 5.89 Å². The van der Waals surface area contributed by atoms with Gasteiger partial charge in [0.05, 0.1) is 9.95 Å². The highest BCUT2D eigenvalue weighted by atomic mass is 127. The Morgan fingerprint density at radius 1 is 1.16 bits per heavy atom. The molecule has 0 bridgehead atoms. The summed E-state index contributed by atoms with van der Waals surface area (Å²) in [4.78, 5) is 28.4. The van der Waals surface area contributed by atoms with Gasteiger partial charge in [-0.25, -0.2) is 4.98 Å². The molecule has 0 spiro atoms. The minimum atomic E-state index is -0.485. The standard InChI is InChI=1S/C22H11ClIN3O4S/c23-18-14-5-2-6-16(27(29)30)19(14)32-20(18)21(28)25-13-7-8-17-15(10-13)26-22(31-17)11-3-1-4-12(24)9-11/h1-10H,(H,25,28). The number of anilines is 1. The lowest BCUT2D eigenvalue weighted by Crippen LogP contribution is -2.10. The second kappa shape index (κ2) is 8.15. The summed E-state index contributed by atoms with van der Waals surface area (Å²) >= 11 is 9.59. The molecule has 5 rings (SSSR count). The molecule has 2 aromatic heterocycles. The molecule has 5 aromatic rings. The third-order valence-electron chi connectivity index (χ3n) is 4.75. The van der Waals surface area contributed by atoms with Crippen LogP contribution in [0.15, 0.2) is 65.1 Å². The fourth-order valence-corrected chi connectivity index (χ4v) is 5.33. The molecule has 0 saturated carbocycles. The Kier molecular flexibility index (Phi) is 5.31. The van der Waals surface area contributed by atoms with Crippen LogP contribution in [0.1, 0.15) is 9.67 Å². The largest absolute Gasteiger partial charge is 0.436 e. The van der Waals surface area contributed by atoms with Crippen molar-refractivity contribution in [3.05, 3.63) is 84.2 Å². The predicted octanol–water partition coefficient (Wildman–Crippen LogP) is 7.13. The quantitative estimate of drug-likeness (QED) is 0.140. The highest BCUT2D eigenvalue weighted by molar-refractivity contribution is 14.1. The molecule has 0 radical (unpaired) electrons. The minimum Gasteiger partial charge on any atom is -0.436 e. The van der Waals surface area contributed by atoms with Gasteiger partial charge in [-0.1, -0.05) is 29.8 Å². The maximum atomic E-state index is 12.9. The number of aromatic nitrogens is 1. The third kappa shape index (κ3) is 3.72. The van der Waals surface area contributed by atoms with Crippen LogP contribution in [-0.4, -0.2) is 15.8 Å². The number of rotatable bonds is 4. The first-order chi connectivity index (χ1) is 15.4. The molecule has 0 unspecified atom stereocenters. The van der Waals surface area contributed by atoms with Gasteiger partial charge < -0.3 is 9.73 Å². The summed E-state index contributed by atoms with van der Waals surface area (Å²) in [7, 11) is 0. The summed E-state index contributed by atoms with van der Waals surface area (Å²) < 4.78 is 7.27. The van der Waals surface area contributed by atoms with Gasteiger partial charge in [-0.05, 0) is 59.0 Å². The molecule has 1 amide bonds. The van der Waals surface area contributed by atoms with E-state index in [0.29, 0.717) is 32.8 Å². The summed E-state index contributed by atoms with van der Waals surface area (Å²) in [6, 6.07) is 17.5. The van der Waals surface area contributed by atoms with Gasteiger partial charge in [0, 0.05) is 26.3 Å². The van der Waals surface area contributed by atoms with Crippen molar-refractivity contribution in [2.24, 2.45) is 0 Å². The smallest absolute Gasteiger partial charge is 0.287 e. The molecule has 0 atom stereocenters. The van der Waals surface area contributed by atoms with Crippen molar-refractivity contribution in [3.63, 3.8) is 0 Å². The zero-order valence-corrected chi connectivity index (χ0v) is 19.7. The van der Waals surface area contributed by atoms with Crippen LogP contribution < -0.4 is 5.32 Å². The van der Waals surface area contributed by atoms with Crippen molar-refractivity contribution >= 4 is 84.0 Å². The predicted molar refractivity (Wildman–Crippen MR) is 134 cm³/mol. The number of nitrogens with one attached hydrogen (secondary N) is 1. The Hall–Kier alpha value is -3.02. The van der Waals surface area contributed by atoms with Gasteiger partial charge in [0.15, 0.2) is 5.58 Å². The van der Waals surface area contributed by atoms with E-state index < -0.39 is 10.8 Å². The Morgan fingerprint density at radius 3 is 2.75 bits per heavy atom. The highest BCUT2D eigenvalue weighted by Gasteiger charge is 2.23. The number of nitro groups is 1. The number of halogens is 2. The number of carbonyl (C=O) groups excluding carboxylic acids is 1. The lowest BCUT2D eigenvalue weighted by molar-refractivity contribution is -0.382. The van der Waals surface area contributed by atoms with Crippen molar-refractivity contribution in [1.82, 2.24) is 4.98 Å². The molecule has 1 N–H and O–H groups in total. The fourth-order valence-electron chi connectivity index (χ4n) is 3.30. The molecule has 0 fully saturated rings. The lowest BCUT2D eigenvalue weighted by Gasteiger charge is -2.03. The first-order valence-corrected chi connectivity index (χ1v) is 11.5. The number of thiophene rings is 1. The Balaban J connectivity index is 1.47. The van der Waals surface area contributed by atoms with Gasteiger partial charge in [0.25, 0.3) is 11.6 Å². The van der Waals surface area contributed by atoms with Crippen LogP contribution in [-0.2, 0) is 0 Å². The number of hydrogen-bond donors (Lipinski definition) is 1. The van der Waals surface area contributed by atoms with E-state index in [9.17, 15) is 14.9 Å². The fraction of sp³-hybridized carbons (Fsp3) is 0. The van der Waals surface area contributed by atoms with Crippen LogP contribution in [0.5, 0.6) is 0 Å². The van der Waals surface area contributed by atoms with Gasteiger partial charge in [0.1, 0.15) is 15.1 Å². The topological polar surface area (TPSA) is 98.3 Å². The summed E-state index contributed by atoms with van der Waals surface area (Å²) in [5.74, 6) is 0.0352. The summed E-state index contributed by atoms with van der Waals surface area (Å²) in [5.41, 5.74) is 2.47. The van der Waals surface area contributed by atoms with Gasteiger partial charge >= 0.3 is 0 Å². The molecule has 0 aliphatic heterocycles. The molecule has 158 valence electrons. The van der Waals surface area contributed by atoms with Crippen molar-refractivity contribution in [1.29, 1.82) is 0 Å². The van der Waals surface area contributed by atoms with E-state index in [2.05, 4.69) is 32.9 Å². The van der Waals surface area contributed by atoms with E-state index in [0.717, 1.165) is 20.5 Å². The molecular weight excluding hydrogens is 565 g/mol. The van der Waals surface area contributed by atoms with Crippen molar-refractivity contribution in [2.75, 3.05) is 5.32 Å². The zero-order chi connectivity index (χ0) is 22.4. The molecule has 0 aliphatic carbocycles. The number of non-ortho nitro benzene ring substituents is 1. The molecule has 10 heteroatoms. The Morgan fingerprint density at radius 2 is 1.97 bits per heavy atom. The van der Waals surface area contributed by atoms with Crippen molar-refractivity contribution in [2.45, 2.75) is 0 Å². The van der Waals surface area contributed by atoms with Crippen molar-refractivity contribution in [3.8, 4) is 11.5 Å². The second-order valence-electron chi connectivity index (χ2n) is 6.82. The first-order valence-electron chi connectivity index (χ1n) is 9.24. The molecule has 0 saturated heterocycles. The van der Waals surface area contributed by atoms with E-state index in [4.69, 9.17) is 16.0 Å². The van der Waals surface area contributed by atoms with Crippen LogP contribution in [0.25, 0.3) is 32.6 Å². The average Bonchev–Trinajstić information content (AvgIpc) is 3.34. The molecule has 0 aliphatic rings. The van der Waals surface area contributed by atoms with E-state index in [1.165, 1.54) is 6.07 Å². The van der Waals surface area contributed by atoms with Crippen LogP contribution in [0.2, 0.25) is 5.02 Å². The monoisotopic (exact) mass is 575 g/mol. The molecule has 32 heavy (non-hydrogen) atoms.